The van der Waals surface area contributed by atoms with Crippen LogP contribution in [0, 0.1) is 0 Å². The quantitative estimate of drug-likeness (QED) is 0.701. The molecule has 0 aliphatic heterocycles. The van der Waals surface area contributed by atoms with Gasteiger partial charge in [-0.3, -0.25) is 4.79 Å². The standard InChI is InChI=1S/C19H22BrNO4S/c1-4-25-13-14-6-5-7-16(12-14)21-18(22)19(2,3)26(23,24)17-10-8-15(20)9-11-17/h5-12H,4,13H2,1-3H3,(H,21,22). The first-order chi connectivity index (χ1) is 12.2. The maximum absolute atomic E-state index is 12.9. The number of hydrogen-bond donors (Lipinski definition) is 1. The summed E-state index contributed by atoms with van der Waals surface area (Å²) in [6.45, 7) is 5.74. The summed E-state index contributed by atoms with van der Waals surface area (Å²) in [4.78, 5) is 12.8. The number of amides is 1. The minimum absolute atomic E-state index is 0.103. The molecule has 0 aliphatic rings. The van der Waals surface area contributed by atoms with Crippen LogP contribution in [0.25, 0.3) is 0 Å². The van der Waals surface area contributed by atoms with Crippen LogP contribution in [0.5, 0.6) is 0 Å². The Morgan fingerprint density at radius 3 is 2.42 bits per heavy atom. The van der Waals surface area contributed by atoms with Gasteiger partial charge in [-0.1, -0.05) is 28.1 Å². The normalized spacial score (nSPS) is 12.0. The highest BCUT2D eigenvalue weighted by Gasteiger charge is 2.42. The molecule has 0 aromatic heterocycles. The number of sulfone groups is 1. The molecule has 26 heavy (non-hydrogen) atoms. The summed E-state index contributed by atoms with van der Waals surface area (Å²) in [6, 6.07) is 13.4. The first-order valence-corrected chi connectivity index (χ1v) is 10.4. The highest BCUT2D eigenvalue weighted by Crippen LogP contribution is 2.28. The van der Waals surface area contributed by atoms with Crippen molar-refractivity contribution in [1.29, 1.82) is 0 Å². The van der Waals surface area contributed by atoms with E-state index in [9.17, 15) is 13.2 Å². The molecular weight excluding hydrogens is 418 g/mol. The van der Waals surface area contributed by atoms with E-state index in [1.54, 1.807) is 30.3 Å². The van der Waals surface area contributed by atoms with Gasteiger partial charge >= 0.3 is 0 Å². The number of ether oxygens (including phenoxy) is 1. The van der Waals surface area contributed by atoms with Gasteiger partial charge < -0.3 is 10.1 Å². The Hall–Kier alpha value is -1.70. The molecule has 2 aromatic carbocycles. The number of rotatable bonds is 7. The molecule has 0 unspecified atom stereocenters. The van der Waals surface area contributed by atoms with E-state index in [4.69, 9.17) is 4.74 Å². The fourth-order valence-corrected chi connectivity index (χ4v) is 3.91. The summed E-state index contributed by atoms with van der Waals surface area (Å²) in [7, 11) is -3.86. The van der Waals surface area contributed by atoms with Gasteiger partial charge in [-0.05, 0) is 62.7 Å². The zero-order valence-electron chi connectivity index (χ0n) is 15.0. The van der Waals surface area contributed by atoms with Gasteiger partial charge in [0.05, 0.1) is 11.5 Å². The average Bonchev–Trinajstić information content (AvgIpc) is 2.60. The van der Waals surface area contributed by atoms with E-state index in [2.05, 4.69) is 21.2 Å². The summed E-state index contributed by atoms with van der Waals surface area (Å²) in [5, 5.41) is 2.70. The lowest BCUT2D eigenvalue weighted by Gasteiger charge is -2.24. The number of anilines is 1. The van der Waals surface area contributed by atoms with Crippen LogP contribution in [-0.2, 0) is 26.0 Å². The van der Waals surface area contributed by atoms with E-state index in [1.807, 2.05) is 13.0 Å². The van der Waals surface area contributed by atoms with E-state index in [0.29, 0.717) is 18.9 Å². The van der Waals surface area contributed by atoms with Crippen LogP contribution < -0.4 is 5.32 Å². The lowest BCUT2D eigenvalue weighted by molar-refractivity contribution is -0.117. The van der Waals surface area contributed by atoms with Gasteiger partial charge in [0, 0.05) is 16.8 Å². The second kappa shape index (κ2) is 8.33. The minimum atomic E-state index is -3.86. The number of hydrogen-bond acceptors (Lipinski definition) is 4. The number of nitrogens with one attached hydrogen (secondary N) is 1. The van der Waals surface area contributed by atoms with Crippen molar-refractivity contribution in [3.63, 3.8) is 0 Å². The van der Waals surface area contributed by atoms with Crippen LogP contribution in [0.3, 0.4) is 0 Å². The molecule has 0 radical (unpaired) electrons. The van der Waals surface area contributed by atoms with E-state index in [-0.39, 0.29) is 4.90 Å². The lowest BCUT2D eigenvalue weighted by atomic mass is 10.1. The zero-order valence-corrected chi connectivity index (χ0v) is 17.4. The molecule has 0 heterocycles. The molecule has 1 amide bonds. The van der Waals surface area contributed by atoms with Gasteiger partial charge in [-0.15, -0.1) is 0 Å². The van der Waals surface area contributed by atoms with Crippen molar-refractivity contribution in [3.05, 3.63) is 58.6 Å². The van der Waals surface area contributed by atoms with E-state index < -0.39 is 20.5 Å². The molecule has 0 aliphatic carbocycles. The summed E-state index contributed by atoms with van der Waals surface area (Å²) in [5.74, 6) is -0.589. The summed E-state index contributed by atoms with van der Waals surface area (Å²) >= 11 is 3.28. The van der Waals surface area contributed by atoms with Crippen molar-refractivity contribution >= 4 is 37.4 Å². The molecule has 0 atom stereocenters. The smallest absolute Gasteiger partial charge is 0.245 e. The van der Waals surface area contributed by atoms with Gasteiger partial charge in [-0.2, -0.15) is 0 Å². The molecule has 0 fully saturated rings. The molecule has 2 aromatic rings. The fraction of sp³-hybridized carbons (Fsp3) is 0.316. The predicted molar refractivity (Wildman–Crippen MR) is 106 cm³/mol. The maximum Gasteiger partial charge on any atom is 0.245 e. The third-order valence-electron chi connectivity index (χ3n) is 4.00. The summed E-state index contributed by atoms with van der Waals surface area (Å²) < 4.78 is 30.3. The molecule has 0 spiro atoms. The average molecular weight is 440 g/mol. The second-order valence-electron chi connectivity index (χ2n) is 6.26. The van der Waals surface area contributed by atoms with Crippen LogP contribution in [0.4, 0.5) is 5.69 Å². The van der Waals surface area contributed by atoms with Crippen molar-refractivity contribution in [1.82, 2.24) is 0 Å². The Morgan fingerprint density at radius 1 is 1.15 bits per heavy atom. The molecule has 0 saturated heterocycles. The second-order valence-corrected chi connectivity index (χ2v) is 9.67. The van der Waals surface area contributed by atoms with Crippen molar-refractivity contribution in [2.75, 3.05) is 11.9 Å². The summed E-state index contributed by atoms with van der Waals surface area (Å²) in [6.07, 6.45) is 0. The fourth-order valence-electron chi connectivity index (χ4n) is 2.27. The van der Waals surface area contributed by atoms with Crippen molar-refractivity contribution in [2.24, 2.45) is 0 Å². The minimum Gasteiger partial charge on any atom is -0.377 e. The Kier molecular flexibility index (Phi) is 6.60. The van der Waals surface area contributed by atoms with Crippen LogP contribution in [0.1, 0.15) is 26.3 Å². The lowest BCUT2D eigenvalue weighted by Crippen LogP contribution is -2.44. The first-order valence-electron chi connectivity index (χ1n) is 8.17. The van der Waals surface area contributed by atoms with Crippen LogP contribution in [-0.4, -0.2) is 25.7 Å². The molecule has 7 heteroatoms. The third-order valence-corrected chi connectivity index (χ3v) is 6.95. The zero-order chi connectivity index (χ0) is 19.4. The van der Waals surface area contributed by atoms with Crippen LogP contribution in [0.15, 0.2) is 57.9 Å². The highest BCUT2D eigenvalue weighted by atomic mass is 79.9. The van der Waals surface area contributed by atoms with Gasteiger partial charge in [-0.25, -0.2) is 8.42 Å². The van der Waals surface area contributed by atoms with Gasteiger partial charge in [0.25, 0.3) is 0 Å². The van der Waals surface area contributed by atoms with E-state index in [1.165, 1.54) is 26.0 Å². The molecule has 5 nitrogen and oxygen atoms in total. The molecule has 0 saturated carbocycles. The monoisotopic (exact) mass is 439 g/mol. The third kappa shape index (κ3) is 4.52. The summed E-state index contributed by atoms with van der Waals surface area (Å²) in [5.41, 5.74) is 1.43. The van der Waals surface area contributed by atoms with E-state index in [0.717, 1.165) is 10.0 Å². The topological polar surface area (TPSA) is 72.5 Å². The highest BCUT2D eigenvalue weighted by molar-refractivity contribution is 9.10. The van der Waals surface area contributed by atoms with E-state index >= 15 is 0 Å². The molecule has 2 rings (SSSR count). The van der Waals surface area contributed by atoms with Gasteiger partial charge in [0.2, 0.25) is 5.91 Å². The largest absolute Gasteiger partial charge is 0.377 e. The molecular formula is C19H22BrNO4S. The molecule has 0 bridgehead atoms. The van der Waals surface area contributed by atoms with Crippen molar-refractivity contribution in [2.45, 2.75) is 37.0 Å². The van der Waals surface area contributed by atoms with Gasteiger partial charge in [0.15, 0.2) is 9.84 Å². The maximum atomic E-state index is 12.9. The van der Waals surface area contributed by atoms with Gasteiger partial charge in [0.1, 0.15) is 4.75 Å². The van der Waals surface area contributed by atoms with Crippen molar-refractivity contribution in [3.8, 4) is 0 Å². The molecule has 1 N–H and O–H groups in total. The Morgan fingerprint density at radius 2 is 1.81 bits per heavy atom. The Balaban J connectivity index is 2.23. The number of benzene rings is 2. The predicted octanol–water partition coefficient (Wildman–Crippen LogP) is 4.18. The van der Waals surface area contributed by atoms with Crippen molar-refractivity contribution < 1.29 is 17.9 Å². The van der Waals surface area contributed by atoms with Crippen LogP contribution >= 0.6 is 15.9 Å². The SMILES string of the molecule is CCOCc1cccc(NC(=O)C(C)(C)S(=O)(=O)c2ccc(Br)cc2)c1. The molecule has 140 valence electrons. The number of carbonyl (C=O) groups is 1. The number of halogens is 1. The Bertz CT molecular complexity index is 877. The van der Waals surface area contributed by atoms with Crippen LogP contribution in [0.2, 0.25) is 0 Å². The Labute approximate surface area is 162 Å². The first kappa shape index (κ1) is 20.6. The number of carbonyl (C=O) groups excluding carboxylic acids is 1.